The Hall–Kier alpha value is -1.58. The van der Waals surface area contributed by atoms with Crippen molar-refractivity contribution in [3.8, 4) is 0 Å². The minimum atomic E-state index is -1.94. The van der Waals surface area contributed by atoms with Gasteiger partial charge in [-0.15, -0.1) is 0 Å². The number of nitrogens with zero attached hydrogens (tertiary/aromatic N) is 1. The Kier molecular flexibility index (Phi) is 15.3. The van der Waals surface area contributed by atoms with Crippen molar-refractivity contribution in [1.29, 1.82) is 0 Å². The summed E-state index contributed by atoms with van der Waals surface area (Å²) < 4.78 is 17.2. The fraction of sp³-hybridized carbons (Fsp3) is 0.750. The number of aromatic amines is 1. The van der Waals surface area contributed by atoms with Crippen LogP contribution in [0.5, 0.6) is 0 Å². The summed E-state index contributed by atoms with van der Waals surface area (Å²) in [7, 11) is -1.94. The first-order valence-electron chi connectivity index (χ1n) is 10.4. The van der Waals surface area contributed by atoms with Gasteiger partial charge in [0.05, 0.1) is 18.8 Å². The number of nitrogens with one attached hydrogen (secondary N) is 2. The first kappa shape index (κ1) is 29.4. The molecule has 0 saturated heterocycles. The molecule has 0 saturated carbocycles. The van der Waals surface area contributed by atoms with E-state index in [1.54, 1.807) is 6.92 Å². The van der Waals surface area contributed by atoms with E-state index in [2.05, 4.69) is 30.8 Å². The molecule has 0 aliphatic rings. The first-order chi connectivity index (χ1) is 14.5. The van der Waals surface area contributed by atoms with Crippen molar-refractivity contribution in [3.63, 3.8) is 0 Å². The van der Waals surface area contributed by atoms with Crippen LogP contribution in [0.4, 0.5) is 0 Å². The lowest BCUT2D eigenvalue weighted by Gasteiger charge is -2.26. The predicted octanol–water partition coefficient (Wildman–Crippen LogP) is 2.54. The number of aromatic nitrogens is 2. The van der Waals surface area contributed by atoms with Crippen molar-refractivity contribution >= 4 is 15.0 Å². The Labute approximate surface area is 185 Å². The molecule has 0 aromatic carbocycles. The highest BCUT2D eigenvalue weighted by Crippen LogP contribution is 2.29. The van der Waals surface area contributed by atoms with Gasteiger partial charge in [0.2, 0.25) is 0 Å². The Morgan fingerprint density at radius 2 is 1.81 bits per heavy atom. The molecule has 0 amide bonds. The van der Waals surface area contributed by atoms with Gasteiger partial charge in [-0.2, -0.15) is 0 Å². The van der Waals surface area contributed by atoms with E-state index in [-0.39, 0.29) is 31.3 Å². The largest absolute Gasteiger partial charge is 0.466 e. The molecular formula is C20H38N3O7P. The van der Waals surface area contributed by atoms with Crippen LogP contribution in [-0.2, 0) is 18.8 Å². The second-order valence-electron chi connectivity index (χ2n) is 7.99. The summed E-state index contributed by atoms with van der Waals surface area (Å²) in [5, 5.41) is 2.89. The van der Waals surface area contributed by atoms with Gasteiger partial charge in [0.1, 0.15) is 12.8 Å². The van der Waals surface area contributed by atoms with Crippen LogP contribution >= 0.6 is 8.53 Å². The number of carbonyl (C=O) groups excluding carboxylic acids is 1. The zero-order valence-electron chi connectivity index (χ0n) is 19.5. The third-order valence-corrected chi connectivity index (χ3v) is 4.84. The van der Waals surface area contributed by atoms with E-state index < -0.39 is 26.0 Å². The molecular weight excluding hydrogens is 425 g/mol. The topological polar surface area (TPSA) is 132 Å². The maximum atomic E-state index is 11.8. The van der Waals surface area contributed by atoms with Crippen molar-refractivity contribution in [3.05, 3.63) is 33.1 Å². The number of rotatable bonds is 13. The molecule has 1 rings (SSSR count). The summed E-state index contributed by atoms with van der Waals surface area (Å²) in [5.41, 5.74) is -1.04. The molecule has 1 aromatic heterocycles. The molecule has 3 N–H and O–H groups in total. The molecule has 31 heavy (non-hydrogen) atoms. The van der Waals surface area contributed by atoms with Gasteiger partial charge in [0.25, 0.3) is 20.6 Å². The third-order valence-electron chi connectivity index (χ3n) is 3.90. The zero-order valence-corrected chi connectivity index (χ0v) is 20.4. The molecule has 180 valence electrons. The zero-order chi connectivity index (χ0) is 24.0. The Morgan fingerprint density at radius 3 is 2.29 bits per heavy atom. The van der Waals surface area contributed by atoms with E-state index in [4.69, 9.17) is 14.0 Å². The second kappa shape index (κ2) is 16.1. The monoisotopic (exact) mass is 463 g/mol. The van der Waals surface area contributed by atoms with Crippen molar-refractivity contribution in [2.24, 2.45) is 11.8 Å². The Balaban J connectivity index is 0.00000206. The molecule has 0 aliphatic heterocycles. The molecule has 0 fully saturated rings. The molecule has 1 aromatic rings. The van der Waals surface area contributed by atoms with Crippen molar-refractivity contribution in [2.45, 2.75) is 73.3 Å². The highest BCUT2D eigenvalue weighted by atomic mass is 31.2. The standard InChI is InChI=1S/C16H28N3O7P.C4H10/c1-5-13(26-12(4)19-7-6-15(21)17-16(19)22)8-25-27(23)18-14(11(2)3)9-24-10-20;1-4(2)3/h6-7,10-14,18,23H,5,8-9H2,1-4H3,(H,17,21,22);4H,1-3H3. The number of carbonyl (C=O) groups is 1. The maximum Gasteiger partial charge on any atom is 0.330 e. The fourth-order valence-corrected chi connectivity index (χ4v) is 3.20. The van der Waals surface area contributed by atoms with E-state index in [0.29, 0.717) is 12.9 Å². The van der Waals surface area contributed by atoms with Crippen LogP contribution in [-0.4, -0.2) is 46.3 Å². The minimum absolute atomic E-state index is 0.105. The lowest BCUT2D eigenvalue weighted by atomic mass is 10.1. The molecule has 11 heteroatoms. The normalized spacial score (nSPS) is 15.0. The predicted molar refractivity (Wildman–Crippen MR) is 121 cm³/mol. The van der Waals surface area contributed by atoms with E-state index in [1.807, 2.05) is 20.8 Å². The Bertz CT molecular complexity index is 720. The van der Waals surface area contributed by atoms with E-state index in [0.717, 1.165) is 5.92 Å². The average molecular weight is 464 g/mol. The quantitative estimate of drug-likeness (QED) is 0.300. The number of hydrogen-bond acceptors (Lipinski definition) is 8. The van der Waals surface area contributed by atoms with Crippen LogP contribution in [0.3, 0.4) is 0 Å². The number of hydrogen-bond donors (Lipinski definition) is 3. The summed E-state index contributed by atoms with van der Waals surface area (Å²) >= 11 is 0. The SMILES string of the molecule is CC(C)C.CCC(COP(O)NC(COC=O)C(C)C)OC(C)n1ccc(=O)[nH]c1=O. The van der Waals surface area contributed by atoms with Gasteiger partial charge in [-0.3, -0.25) is 19.1 Å². The molecule has 1 heterocycles. The van der Waals surface area contributed by atoms with Crippen LogP contribution in [0.1, 0.15) is 61.1 Å². The molecule has 0 spiro atoms. The number of ether oxygens (including phenoxy) is 2. The molecule has 10 nitrogen and oxygen atoms in total. The average Bonchev–Trinajstić information content (AvgIpc) is 2.67. The van der Waals surface area contributed by atoms with Crippen molar-refractivity contribution < 1.29 is 23.7 Å². The second-order valence-corrected chi connectivity index (χ2v) is 9.06. The van der Waals surface area contributed by atoms with Crippen LogP contribution in [0.2, 0.25) is 0 Å². The van der Waals surface area contributed by atoms with Gasteiger partial charge < -0.3 is 18.9 Å². The summed E-state index contributed by atoms with van der Waals surface area (Å²) in [6.07, 6.45) is 0.958. The van der Waals surface area contributed by atoms with E-state index in [1.165, 1.54) is 16.8 Å². The van der Waals surface area contributed by atoms with Crippen molar-refractivity contribution in [2.75, 3.05) is 13.2 Å². The summed E-state index contributed by atoms with van der Waals surface area (Å²) in [5.74, 6) is 0.955. The number of H-pyrrole nitrogens is 1. The van der Waals surface area contributed by atoms with Gasteiger partial charge in [-0.05, 0) is 25.2 Å². The van der Waals surface area contributed by atoms with E-state index in [9.17, 15) is 19.3 Å². The molecule has 0 aliphatic carbocycles. The van der Waals surface area contributed by atoms with Gasteiger partial charge in [0, 0.05) is 12.3 Å². The summed E-state index contributed by atoms with van der Waals surface area (Å²) in [6.45, 7) is 14.5. The van der Waals surface area contributed by atoms with Crippen molar-refractivity contribution in [1.82, 2.24) is 14.6 Å². The summed E-state index contributed by atoms with van der Waals surface area (Å²) in [6, 6.07) is 0.995. The van der Waals surface area contributed by atoms with Gasteiger partial charge in [-0.25, -0.2) is 9.88 Å². The van der Waals surface area contributed by atoms with Gasteiger partial charge in [0.15, 0.2) is 0 Å². The third kappa shape index (κ3) is 13.4. The fourth-order valence-electron chi connectivity index (χ4n) is 2.17. The van der Waals surface area contributed by atoms with Gasteiger partial charge in [-0.1, -0.05) is 41.5 Å². The van der Waals surface area contributed by atoms with Gasteiger partial charge >= 0.3 is 5.69 Å². The van der Waals surface area contributed by atoms with E-state index >= 15 is 0 Å². The van der Waals surface area contributed by atoms with Crippen LogP contribution in [0.25, 0.3) is 0 Å². The maximum absolute atomic E-state index is 11.8. The van der Waals surface area contributed by atoms with Crippen LogP contribution in [0.15, 0.2) is 21.9 Å². The van der Waals surface area contributed by atoms with Crippen LogP contribution in [0, 0.1) is 11.8 Å². The highest BCUT2D eigenvalue weighted by Gasteiger charge is 2.21. The lowest BCUT2D eigenvalue weighted by Crippen LogP contribution is -2.36. The first-order valence-corrected chi connectivity index (χ1v) is 11.6. The van der Waals surface area contributed by atoms with Crippen LogP contribution < -0.4 is 16.3 Å². The lowest BCUT2D eigenvalue weighted by molar-refractivity contribution is -0.129. The Morgan fingerprint density at radius 1 is 1.19 bits per heavy atom. The molecule has 4 atom stereocenters. The minimum Gasteiger partial charge on any atom is -0.466 e. The molecule has 0 bridgehead atoms. The molecule has 4 unspecified atom stereocenters. The smallest absolute Gasteiger partial charge is 0.330 e. The highest BCUT2D eigenvalue weighted by molar-refractivity contribution is 7.43. The summed E-state index contributed by atoms with van der Waals surface area (Å²) in [4.78, 5) is 45.5. The molecule has 0 radical (unpaired) electrons.